The summed E-state index contributed by atoms with van der Waals surface area (Å²) in [4.78, 5) is 24.6. The van der Waals surface area contributed by atoms with Crippen molar-refractivity contribution in [2.24, 2.45) is 0 Å². The van der Waals surface area contributed by atoms with Crippen molar-refractivity contribution in [2.75, 3.05) is 13.2 Å². The van der Waals surface area contributed by atoms with Crippen LogP contribution in [-0.4, -0.2) is 47.4 Å². The van der Waals surface area contributed by atoms with Gasteiger partial charge in [0.2, 0.25) is 5.91 Å². The number of hydrogen-bond acceptors (Lipinski definition) is 5. The summed E-state index contributed by atoms with van der Waals surface area (Å²) in [6, 6.07) is -0.625. The Morgan fingerprint density at radius 1 is 0.303 bits per heavy atom. The molecule has 0 spiro atoms. The van der Waals surface area contributed by atoms with E-state index < -0.39 is 12.1 Å². The zero-order valence-electron chi connectivity index (χ0n) is 60.7. The first-order valence-electron chi connectivity index (χ1n) is 41.1. The molecule has 6 heteroatoms. The van der Waals surface area contributed by atoms with E-state index in [1.807, 2.05) is 6.08 Å². The number of nitrogens with one attached hydrogen (secondary N) is 1. The second kappa shape index (κ2) is 78.8. The third-order valence-corrected chi connectivity index (χ3v) is 19.5. The van der Waals surface area contributed by atoms with Gasteiger partial charge in [0.25, 0.3) is 0 Å². The Kier molecular flexibility index (Phi) is 77.3. The van der Waals surface area contributed by atoms with Crippen LogP contribution in [0.2, 0.25) is 0 Å². The monoisotopic (exact) mass is 1250 g/mol. The highest BCUT2D eigenvalue weighted by Gasteiger charge is 2.18. The van der Waals surface area contributed by atoms with Crippen molar-refractivity contribution in [1.29, 1.82) is 0 Å². The van der Waals surface area contributed by atoms with Gasteiger partial charge in [0, 0.05) is 12.8 Å². The Balaban J connectivity index is 3.33. The molecule has 0 heterocycles. The van der Waals surface area contributed by atoms with Crippen LogP contribution in [0.4, 0.5) is 0 Å². The summed E-state index contributed by atoms with van der Waals surface area (Å²) in [5, 5.41) is 23.3. The van der Waals surface area contributed by atoms with Crippen molar-refractivity contribution in [2.45, 2.75) is 482 Å². The molecule has 1 amide bonds. The van der Waals surface area contributed by atoms with Crippen molar-refractivity contribution in [3.05, 3.63) is 24.3 Å². The average molecular weight is 1250 g/mol. The maximum atomic E-state index is 12.6. The van der Waals surface area contributed by atoms with E-state index in [0.29, 0.717) is 19.4 Å². The van der Waals surface area contributed by atoms with Crippen molar-refractivity contribution < 1.29 is 24.5 Å². The largest absolute Gasteiger partial charge is 0.466 e. The zero-order chi connectivity index (χ0) is 64.2. The van der Waals surface area contributed by atoms with Gasteiger partial charge >= 0.3 is 5.97 Å². The van der Waals surface area contributed by atoms with E-state index >= 15 is 0 Å². The first-order valence-corrected chi connectivity index (χ1v) is 41.1. The lowest BCUT2D eigenvalue weighted by Crippen LogP contribution is -2.45. The van der Waals surface area contributed by atoms with E-state index in [1.165, 1.54) is 398 Å². The van der Waals surface area contributed by atoms with Gasteiger partial charge in [-0.05, 0) is 51.4 Å². The maximum Gasteiger partial charge on any atom is 0.305 e. The van der Waals surface area contributed by atoms with Crippen LogP contribution in [0.1, 0.15) is 470 Å². The van der Waals surface area contributed by atoms with Crippen LogP contribution in [0.25, 0.3) is 0 Å². The van der Waals surface area contributed by atoms with Gasteiger partial charge in [0.1, 0.15) is 0 Å². The van der Waals surface area contributed by atoms with Gasteiger partial charge < -0.3 is 20.3 Å². The van der Waals surface area contributed by atoms with E-state index in [0.717, 1.165) is 44.9 Å². The van der Waals surface area contributed by atoms with Crippen LogP contribution in [0.3, 0.4) is 0 Å². The smallest absolute Gasteiger partial charge is 0.305 e. The summed E-state index contributed by atoms with van der Waals surface area (Å²) < 4.78 is 5.48. The number of carbonyl (C=O) groups excluding carboxylic acids is 2. The Labute approximate surface area is 558 Å². The van der Waals surface area contributed by atoms with Gasteiger partial charge in [-0.1, -0.05) is 430 Å². The Bertz CT molecular complexity index is 1400. The molecule has 2 unspecified atom stereocenters. The molecule has 0 rings (SSSR count). The van der Waals surface area contributed by atoms with Gasteiger partial charge in [-0.25, -0.2) is 0 Å². The number of aliphatic hydroxyl groups excluding tert-OH is 2. The molecule has 0 bridgehead atoms. The molecule has 89 heavy (non-hydrogen) atoms. The van der Waals surface area contributed by atoms with Crippen LogP contribution in [0.5, 0.6) is 0 Å². The van der Waals surface area contributed by atoms with Gasteiger partial charge in [-0.15, -0.1) is 0 Å². The molecule has 0 saturated heterocycles. The third kappa shape index (κ3) is 75.3. The number of carbonyl (C=O) groups is 2. The Morgan fingerprint density at radius 3 is 0.831 bits per heavy atom. The molecule has 0 aromatic rings. The number of ether oxygens (including phenoxy) is 1. The zero-order valence-corrected chi connectivity index (χ0v) is 60.7. The minimum Gasteiger partial charge on any atom is -0.466 e. The minimum absolute atomic E-state index is 0.0128. The normalized spacial score (nSPS) is 12.5. The highest BCUT2D eigenvalue weighted by Crippen LogP contribution is 2.20. The lowest BCUT2D eigenvalue weighted by Gasteiger charge is -2.20. The summed E-state index contributed by atoms with van der Waals surface area (Å²) >= 11 is 0. The summed E-state index contributed by atoms with van der Waals surface area (Å²) in [5.41, 5.74) is 0. The number of rotatable bonds is 78. The molecule has 2 atom stereocenters. The molecule has 0 aliphatic carbocycles. The average Bonchev–Trinajstić information content (AvgIpc) is 3.68. The molecule has 0 aromatic carbocycles. The molecule has 0 radical (unpaired) electrons. The van der Waals surface area contributed by atoms with Gasteiger partial charge in [-0.3, -0.25) is 9.59 Å². The third-order valence-electron chi connectivity index (χ3n) is 19.5. The molecule has 0 saturated carbocycles. The lowest BCUT2D eigenvalue weighted by atomic mass is 10.0. The minimum atomic E-state index is -0.842. The van der Waals surface area contributed by atoms with Crippen LogP contribution in [0.15, 0.2) is 24.3 Å². The summed E-state index contributed by atoms with van der Waals surface area (Å²) in [7, 11) is 0. The quantitative estimate of drug-likeness (QED) is 0.0320. The predicted molar refractivity (Wildman–Crippen MR) is 393 cm³/mol. The molecule has 0 aliphatic rings. The van der Waals surface area contributed by atoms with Gasteiger partial charge in [0.15, 0.2) is 0 Å². The molecule has 3 N–H and O–H groups in total. The summed E-state index contributed by atoms with van der Waals surface area (Å²) in [5.74, 6) is -0.0438. The molecule has 0 aliphatic heterocycles. The number of esters is 1. The highest BCUT2D eigenvalue weighted by molar-refractivity contribution is 5.76. The van der Waals surface area contributed by atoms with Crippen molar-refractivity contribution in [1.82, 2.24) is 5.32 Å². The summed E-state index contributed by atoms with van der Waals surface area (Å²) in [6.07, 6.45) is 102. The standard InChI is InChI=1S/C83H161NO5/c1-3-5-7-9-11-13-15-16-17-18-19-20-21-37-40-43-46-49-52-56-59-63-67-71-75-81(86)80(79-85)84-82(87)76-72-68-64-60-57-53-50-47-44-41-38-35-33-31-29-27-25-23-22-24-26-28-30-32-34-36-39-42-45-48-51-54-58-62-66-70-74-78-89-83(88)77-73-69-65-61-55-14-12-10-8-6-4-2/h10,12,71,75,80-81,85-86H,3-9,11,13-70,72-74,76-79H2,1-2H3,(H,84,87)/b12-10-,75-71+. The van der Waals surface area contributed by atoms with Gasteiger partial charge in [-0.2, -0.15) is 0 Å². The lowest BCUT2D eigenvalue weighted by molar-refractivity contribution is -0.143. The van der Waals surface area contributed by atoms with Crippen LogP contribution in [-0.2, 0) is 14.3 Å². The predicted octanol–water partition coefficient (Wildman–Crippen LogP) is 27.2. The number of unbranched alkanes of at least 4 members (excludes halogenated alkanes) is 65. The van der Waals surface area contributed by atoms with E-state index in [9.17, 15) is 19.8 Å². The fraction of sp³-hybridized carbons (Fsp3) is 0.928. The number of aliphatic hydroxyl groups is 2. The molecule has 0 fully saturated rings. The van der Waals surface area contributed by atoms with Crippen LogP contribution < -0.4 is 5.32 Å². The topological polar surface area (TPSA) is 95.9 Å². The van der Waals surface area contributed by atoms with Crippen LogP contribution in [0, 0.1) is 0 Å². The molecular weight excluding hydrogens is 1090 g/mol. The second-order valence-electron chi connectivity index (χ2n) is 28.5. The molecular formula is C83H161NO5. The highest BCUT2D eigenvalue weighted by atomic mass is 16.5. The number of amides is 1. The first-order chi connectivity index (χ1) is 44.0. The molecule has 6 nitrogen and oxygen atoms in total. The van der Waals surface area contributed by atoms with E-state index in [4.69, 9.17) is 4.74 Å². The number of hydrogen-bond donors (Lipinski definition) is 3. The van der Waals surface area contributed by atoms with E-state index in [-0.39, 0.29) is 18.5 Å². The van der Waals surface area contributed by atoms with Gasteiger partial charge in [0.05, 0.1) is 25.4 Å². The maximum absolute atomic E-state index is 12.6. The SMILES string of the molecule is CCCC/C=C\CCCCCCCC(=O)OCCCCCCCCCCCCCCCCCCCCCCCCCCCCCCCCCCCCCCCC(=O)NC(CO)C(O)/C=C/CCCCCCCCCCCCCCCCCCCCCCCC. The molecule has 0 aromatic heterocycles. The Hall–Kier alpha value is -1.66. The Morgan fingerprint density at radius 2 is 0.539 bits per heavy atom. The van der Waals surface area contributed by atoms with E-state index in [2.05, 4.69) is 31.3 Å². The molecule has 528 valence electrons. The summed E-state index contributed by atoms with van der Waals surface area (Å²) in [6.45, 7) is 4.92. The van der Waals surface area contributed by atoms with Crippen molar-refractivity contribution in [3.8, 4) is 0 Å². The number of allylic oxidation sites excluding steroid dienone is 3. The van der Waals surface area contributed by atoms with Crippen LogP contribution >= 0.6 is 0 Å². The fourth-order valence-corrected chi connectivity index (χ4v) is 13.2. The van der Waals surface area contributed by atoms with Crippen molar-refractivity contribution in [3.63, 3.8) is 0 Å². The van der Waals surface area contributed by atoms with E-state index in [1.54, 1.807) is 6.08 Å². The fourth-order valence-electron chi connectivity index (χ4n) is 13.2. The first kappa shape index (κ1) is 87.3. The van der Waals surface area contributed by atoms with Crippen molar-refractivity contribution >= 4 is 11.9 Å². The second-order valence-corrected chi connectivity index (χ2v) is 28.5.